The van der Waals surface area contributed by atoms with Crippen molar-refractivity contribution in [1.82, 2.24) is 10.6 Å². The lowest BCUT2D eigenvalue weighted by Gasteiger charge is -2.18. The molecule has 0 radical (unpaired) electrons. The van der Waals surface area contributed by atoms with Crippen LogP contribution < -0.4 is 15.8 Å². The van der Waals surface area contributed by atoms with E-state index in [4.69, 9.17) is 5.14 Å². The Morgan fingerprint density at radius 1 is 1.25 bits per heavy atom. The van der Waals surface area contributed by atoms with E-state index in [1.165, 1.54) is 6.07 Å². The van der Waals surface area contributed by atoms with Crippen LogP contribution in [0.15, 0.2) is 34.2 Å². The molecule has 0 spiro atoms. The summed E-state index contributed by atoms with van der Waals surface area (Å²) in [7, 11) is -3.69. The van der Waals surface area contributed by atoms with E-state index in [0.29, 0.717) is 18.5 Å². The molecule has 0 amide bonds. The van der Waals surface area contributed by atoms with Crippen LogP contribution in [0.2, 0.25) is 0 Å². The van der Waals surface area contributed by atoms with Gasteiger partial charge in [-0.1, -0.05) is 26.0 Å². The maximum atomic E-state index is 11.4. The van der Waals surface area contributed by atoms with Crippen molar-refractivity contribution in [3.8, 4) is 0 Å². The number of rotatable bonds is 8. The fourth-order valence-corrected chi connectivity index (χ4v) is 2.78. The second kappa shape index (κ2) is 9.64. The third-order valence-corrected chi connectivity index (χ3v) is 4.46. The van der Waals surface area contributed by atoms with Crippen LogP contribution in [0.25, 0.3) is 0 Å². The third-order valence-electron chi connectivity index (χ3n) is 3.55. The van der Waals surface area contributed by atoms with E-state index in [9.17, 15) is 8.42 Å². The van der Waals surface area contributed by atoms with Gasteiger partial charge in [0.05, 0.1) is 11.4 Å². The lowest BCUT2D eigenvalue weighted by molar-refractivity contribution is 0.489. The Balaban J connectivity index is 2.75. The van der Waals surface area contributed by atoms with Crippen LogP contribution in [0.3, 0.4) is 0 Å². The van der Waals surface area contributed by atoms with Gasteiger partial charge >= 0.3 is 0 Å². The fourth-order valence-electron chi connectivity index (χ4n) is 2.20. The van der Waals surface area contributed by atoms with Crippen molar-refractivity contribution >= 4 is 16.0 Å². The van der Waals surface area contributed by atoms with Gasteiger partial charge in [0.1, 0.15) is 0 Å². The molecular formula is C17H30N4O2S. The Bertz CT molecular complexity index is 642. The molecule has 1 atom stereocenters. The quantitative estimate of drug-likeness (QED) is 0.492. The first-order valence-corrected chi connectivity index (χ1v) is 9.93. The predicted octanol–water partition coefficient (Wildman–Crippen LogP) is 2.21. The van der Waals surface area contributed by atoms with Crippen molar-refractivity contribution in [3.05, 3.63) is 29.8 Å². The lowest BCUT2D eigenvalue weighted by Crippen LogP contribution is -2.42. The highest BCUT2D eigenvalue weighted by atomic mass is 32.2. The largest absolute Gasteiger partial charge is 0.357 e. The summed E-state index contributed by atoms with van der Waals surface area (Å²) in [5.74, 6) is 1.41. The fraction of sp³-hybridized carbons (Fsp3) is 0.588. The second-order valence-corrected chi connectivity index (χ2v) is 7.97. The number of nitrogens with one attached hydrogen (secondary N) is 2. The Morgan fingerprint density at radius 3 is 2.54 bits per heavy atom. The van der Waals surface area contributed by atoms with Gasteiger partial charge in [-0.15, -0.1) is 0 Å². The van der Waals surface area contributed by atoms with Crippen LogP contribution in [0.1, 0.15) is 46.1 Å². The number of benzene rings is 1. The molecule has 0 saturated heterocycles. The van der Waals surface area contributed by atoms with Gasteiger partial charge in [0.25, 0.3) is 0 Å². The molecule has 0 aliphatic rings. The summed E-state index contributed by atoms with van der Waals surface area (Å²) in [6.45, 7) is 9.72. The van der Waals surface area contributed by atoms with Crippen molar-refractivity contribution in [3.63, 3.8) is 0 Å². The summed E-state index contributed by atoms with van der Waals surface area (Å²) >= 11 is 0. The molecule has 136 valence electrons. The van der Waals surface area contributed by atoms with Gasteiger partial charge in [0.15, 0.2) is 5.96 Å². The van der Waals surface area contributed by atoms with Crippen molar-refractivity contribution in [2.24, 2.45) is 16.0 Å². The van der Waals surface area contributed by atoms with E-state index in [-0.39, 0.29) is 4.90 Å². The number of sulfonamides is 1. The van der Waals surface area contributed by atoms with Crippen LogP contribution >= 0.6 is 0 Å². The molecule has 24 heavy (non-hydrogen) atoms. The first-order valence-electron chi connectivity index (χ1n) is 8.39. The molecule has 6 nitrogen and oxygen atoms in total. The molecule has 0 fully saturated rings. The summed E-state index contributed by atoms with van der Waals surface area (Å²) in [6.07, 6.45) is 2.23. The highest BCUT2D eigenvalue weighted by molar-refractivity contribution is 7.89. The second-order valence-electron chi connectivity index (χ2n) is 6.40. The molecule has 4 N–H and O–H groups in total. The zero-order valence-corrected chi connectivity index (χ0v) is 15.9. The number of hydrogen-bond donors (Lipinski definition) is 3. The standard InChI is InChI=1S/C17H30N4O2S/c1-5-19-17(21-14(4)10-9-13(2)3)20-12-15-7-6-8-16(11-15)24(18,22)23/h6-8,11,13-14H,5,9-10,12H2,1-4H3,(H2,18,22,23)(H2,19,20,21). The summed E-state index contributed by atoms with van der Waals surface area (Å²) in [5, 5.41) is 11.8. The van der Waals surface area contributed by atoms with Crippen molar-refractivity contribution in [2.45, 2.75) is 58.0 Å². The Hall–Kier alpha value is -1.60. The number of nitrogens with two attached hydrogens (primary N) is 1. The minimum Gasteiger partial charge on any atom is -0.357 e. The third kappa shape index (κ3) is 7.79. The van der Waals surface area contributed by atoms with Crippen LogP contribution in [0.4, 0.5) is 0 Å². The van der Waals surface area contributed by atoms with Crippen molar-refractivity contribution in [2.75, 3.05) is 6.54 Å². The van der Waals surface area contributed by atoms with Gasteiger partial charge in [-0.25, -0.2) is 18.5 Å². The summed E-state index contributed by atoms with van der Waals surface area (Å²) in [4.78, 5) is 4.64. The van der Waals surface area contributed by atoms with Gasteiger partial charge in [0.2, 0.25) is 10.0 Å². The molecule has 1 rings (SSSR count). The molecule has 1 aromatic rings. The average molecular weight is 355 g/mol. The van der Waals surface area contributed by atoms with Crippen LogP contribution in [-0.2, 0) is 16.6 Å². The maximum Gasteiger partial charge on any atom is 0.238 e. The Labute approximate surface area is 146 Å². The number of guanidine groups is 1. The van der Waals surface area contributed by atoms with Gasteiger partial charge < -0.3 is 10.6 Å². The predicted molar refractivity (Wildman–Crippen MR) is 99.3 cm³/mol. The van der Waals surface area contributed by atoms with E-state index in [1.54, 1.807) is 12.1 Å². The Kier molecular flexibility index (Phi) is 8.21. The molecular weight excluding hydrogens is 324 g/mol. The van der Waals surface area contributed by atoms with Crippen LogP contribution in [0, 0.1) is 5.92 Å². The highest BCUT2D eigenvalue weighted by Crippen LogP contribution is 2.11. The average Bonchev–Trinajstić information content (AvgIpc) is 2.50. The lowest BCUT2D eigenvalue weighted by atomic mass is 10.0. The first-order chi connectivity index (χ1) is 11.2. The normalized spacial score (nSPS) is 13.8. The van der Waals surface area contributed by atoms with Gasteiger partial charge in [-0.2, -0.15) is 0 Å². The molecule has 0 aromatic heterocycles. The molecule has 7 heteroatoms. The topological polar surface area (TPSA) is 96.6 Å². The SMILES string of the molecule is CCNC(=NCc1cccc(S(N)(=O)=O)c1)NC(C)CCC(C)C. The summed E-state index contributed by atoms with van der Waals surface area (Å²) < 4.78 is 22.8. The van der Waals surface area contributed by atoms with E-state index >= 15 is 0 Å². The highest BCUT2D eigenvalue weighted by Gasteiger charge is 2.09. The van der Waals surface area contributed by atoms with Gasteiger partial charge in [-0.3, -0.25) is 0 Å². The van der Waals surface area contributed by atoms with E-state index in [1.807, 2.05) is 13.0 Å². The van der Waals surface area contributed by atoms with Crippen LogP contribution in [0.5, 0.6) is 0 Å². The molecule has 1 unspecified atom stereocenters. The maximum absolute atomic E-state index is 11.4. The minimum absolute atomic E-state index is 0.110. The molecule has 0 aliphatic carbocycles. The summed E-state index contributed by atoms with van der Waals surface area (Å²) in [6, 6.07) is 6.88. The zero-order chi connectivity index (χ0) is 18.2. The molecule has 0 bridgehead atoms. The number of aliphatic imine (C=N–C) groups is 1. The number of hydrogen-bond acceptors (Lipinski definition) is 3. The van der Waals surface area contributed by atoms with Gasteiger partial charge in [0, 0.05) is 12.6 Å². The molecule has 1 aromatic carbocycles. The first kappa shape index (κ1) is 20.4. The van der Waals surface area contributed by atoms with E-state index in [2.05, 4.69) is 36.4 Å². The van der Waals surface area contributed by atoms with Crippen molar-refractivity contribution in [1.29, 1.82) is 0 Å². The van der Waals surface area contributed by atoms with Crippen LogP contribution in [-0.4, -0.2) is 27.0 Å². The van der Waals surface area contributed by atoms with E-state index < -0.39 is 10.0 Å². The Morgan fingerprint density at radius 2 is 1.96 bits per heavy atom. The molecule has 0 saturated carbocycles. The summed E-state index contributed by atoms with van der Waals surface area (Å²) in [5.41, 5.74) is 0.800. The van der Waals surface area contributed by atoms with Crippen molar-refractivity contribution < 1.29 is 8.42 Å². The monoisotopic (exact) mass is 354 g/mol. The minimum atomic E-state index is -3.69. The molecule has 0 heterocycles. The number of nitrogens with zero attached hydrogens (tertiary/aromatic N) is 1. The zero-order valence-electron chi connectivity index (χ0n) is 15.0. The van der Waals surface area contributed by atoms with E-state index in [0.717, 1.165) is 30.9 Å². The van der Waals surface area contributed by atoms with Gasteiger partial charge in [-0.05, 0) is 50.3 Å². The molecule has 0 aliphatic heterocycles. The number of primary sulfonamides is 1. The smallest absolute Gasteiger partial charge is 0.238 e.